The van der Waals surface area contributed by atoms with Crippen molar-refractivity contribution in [3.8, 4) is 0 Å². The first-order chi connectivity index (χ1) is 9.90. The number of sulfonamides is 1. The molecule has 114 valence electrons. The van der Waals surface area contributed by atoms with Crippen LogP contribution >= 0.6 is 0 Å². The fourth-order valence-corrected chi connectivity index (χ4v) is 3.79. The first-order valence-electron chi connectivity index (χ1n) is 6.91. The molecule has 1 aromatic carbocycles. The molecule has 2 rings (SSSR count). The standard InChI is InChI=1S/C15H21N3O2S/c1-4-18(11-15-9-16-17(3)10-15)21(19,20)12-14-7-5-6-13(2)8-14/h5-10H,4,11-12H2,1-3H3. The van der Waals surface area contributed by atoms with E-state index >= 15 is 0 Å². The van der Waals surface area contributed by atoms with Crippen molar-refractivity contribution in [1.29, 1.82) is 0 Å². The van der Waals surface area contributed by atoms with Crippen LogP contribution in [0.25, 0.3) is 0 Å². The molecule has 0 saturated carbocycles. The first-order valence-corrected chi connectivity index (χ1v) is 8.52. The van der Waals surface area contributed by atoms with E-state index < -0.39 is 10.0 Å². The lowest BCUT2D eigenvalue weighted by Gasteiger charge is -2.20. The molecule has 1 aromatic heterocycles. The maximum atomic E-state index is 12.6. The highest BCUT2D eigenvalue weighted by atomic mass is 32.2. The summed E-state index contributed by atoms with van der Waals surface area (Å²) in [5.41, 5.74) is 2.78. The molecule has 0 fully saturated rings. The summed E-state index contributed by atoms with van der Waals surface area (Å²) in [7, 11) is -1.51. The van der Waals surface area contributed by atoms with E-state index in [4.69, 9.17) is 0 Å². The van der Waals surface area contributed by atoms with Crippen LogP contribution in [-0.2, 0) is 29.4 Å². The van der Waals surface area contributed by atoms with Gasteiger partial charge in [-0.25, -0.2) is 8.42 Å². The van der Waals surface area contributed by atoms with E-state index in [1.165, 1.54) is 4.31 Å². The van der Waals surface area contributed by atoms with Gasteiger partial charge in [-0.1, -0.05) is 36.8 Å². The maximum Gasteiger partial charge on any atom is 0.218 e. The molecule has 0 spiro atoms. The third kappa shape index (κ3) is 4.15. The Kier molecular flexibility index (Phi) is 4.80. The second kappa shape index (κ2) is 6.41. The number of nitrogens with zero attached hydrogens (tertiary/aromatic N) is 3. The fraction of sp³-hybridized carbons (Fsp3) is 0.400. The van der Waals surface area contributed by atoms with Crippen LogP contribution in [0.3, 0.4) is 0 Å². The lowest BCUT2D eigenvalue weighted by Crippen LogP contribution is -2.31. The summed E-state index contributed by atoms with van der Waals surface area (Å²) in [5.74, 6) is 0.0305. The van der Waals surface area contributed by atoms with Gasteiger partial charge in [-0.2, -0.15) is 9.40 Å². The average Bonchev–Trinajstić information content (AvgIpc) is 2.81. The number of rotatable bonds is 6. The Balaban J connectivity index is 2.15. The highest BCUT2D eigenvalue weighted by Gasteiger charge is 2.21. The van der Waals surface area contributed by atoms with Crippen molar-refractivity contribution in [1.82, 2.24) is 14.1 Å². The van der Waals surface area contributed by atoms with Crippen molar-refractivity contribution < 1.29 is 8.42 Å². The van der Waals surface area contributed by atoms with E-state index in [1.807, 2.05) is 51.4 Å². The fourth-order valence-electron chi connectivity index (χ4n) is 2.27. The topological polar surface area (TPSA) is 55.2 Å². The van der Waals surface area contributed by atoms with Crippen LogP contribution < -0.4 is 0 Å². The molecule has 1 heterocycles. The molecular formula is C15H21N3O2S. The highest BCUT2D eigenvalue weighted by molar-refractivity contribution is 7.88. The third-order valence-electron chi connectivity index (χ3n) is 3.29. The van der Waals surface area contributed by atoms with Gasteiger partial charge in [0, 0.05) is 31.9 Å². The van der Waals surface area contributed by atoms with Crippen molar-refractivity contribution in [2.24, 2.45) is 7.05 Å². The largest absolute Gasteiger partial charge is 0.275 e. The Bertz CT molecular complexity index is 707. The molecule has 0 N–H and O–H groups in total. The molecule has 0 saturated heterocycles. The molecule has 5 nitrogen and oxygen atoms in total. The monoisotopic (exact) mass is 307 g/mol. The Morgan fingerprint density at radius 2 is 2.05 bits per heavy atom. The molecule has 0 aliphatic rings. The highest BCUT2D eigenvalue weighted by Crippen LogP contribution is 2.15. The summed E-state index contributed by atoms with van der Waals surface area (Å²) in [6.45, 7) is 4.62. The van der Waals surface area contributed by atoms with Gasteiger partial charge in [-0.3, -0.25) is 4.68 Å². The summed E-state index contributed by atoms with van der Waals surface area (Å²) >= 11 is 0. The molecule has 21 heavy (non-hydrogen) atoms. The number of benzene rings is 1. The van der Waals surface area contributed by atoms with Crippen molar-refractivity contribution in [2.45, 2.75) is 26.1 Å². The van der Waals surface area contributed by atoms with Crippen LogP contribution in [0.2, 0.25) is 0 Å². The van der Waals surface area contributed by atoms with Gasteiger partial charge in [0.1, 0.15) is 0 Å². The summed E-state index contributed by atoms with van der Waals surface area (Å²) in [6.07, 6.45) is 3.54. The van der Waals surface area contributed by atoms with E-state index in [0.717, 1.165) is 16.7 Å². The van der Waals surface area contributed by atoms with Gasteiger partial charge in [-0.15, -0.1) is 0 Å². The molecule has 2 aromatic rings. The lowest BCUT2D eigenvalue weighted by atomic mass is 10.2. The Morgan fingerprint density at radius 1 is 1.29 bits per heavy atom. The van der Waals surface area contributed by atoms with Crippen LogP contribution in [0, 0.1) is 6.92 Å². The lowest BCUT2D eigenvalue weighted by molar-refractivity contribution is 0.422. The van der Waals surface area contributed by atoms with Gasteiger partial charge in [0.15, 0.2) is 0 Å². The predicted octanol–water partition coefficient (Wildman–Crippen LogP) is 2.08. The summed E-state index contributed by atoms with van der Waals surface area (Å²) in [5, 5.41) is 4.08. The second-order valence-electron chi connectivity index (χ2n) is 5.19. The Hall–Kier alpha value is -1.66. The second-order valence-corrected chi connectivity index (χ2v) is 7.16. The van der Waals surface area contributed by atoms with Crippen molar-refractivity contribution >= 4 is 10.0 Å². The minimum Gasteiger partial charge on any atom is -0.275 e. The van der Waals surface area contributed by atoms with Crippen molar-refractivity contribution in [2.75, 3.05) is 6.54 Å². The van der Waals surface area contributed by atoms with E-state index in [9.17, 15) is 8.42 Å². The zero-order chi connectivity index (χ0) is 15.5. The molecule has 0 atom stereocenters. The SMILES string of the molecule is CCN(Cc1cnn(C)c1)S(=O)(=O)Cc1cccc(C)c1. The molecule has 0 aliphatic heterocycles. The normalized spacial score (nSPS) is 12.0. The van der Waals surface area contributed by atoms with Crippen LogP contribution in [-0.4, -0.2) is 29.0 Å². The Labute approximate surface area is 126 Å². The third-order valence-corrected chi connectivity index (χ3v) is 5.17. The van der Waals surface area contributed by atoms with Gasteiger partial charge in [0.2, 0.25) is 10.0 Å². The Morgan fingerprint density at radius 3 is 2.62 bits per heavy atom. The zero-order valence-corrected chi connectivity index (χ0v) is 13.5. The van der Waals surface area contributed by atoms with Gasteiger partial charge in [0.25, 0.3) is 0 Å². The summed E-state index contributed by atoms with van der Waals surface area (Å²) in [6, 6.07) is 7.61. The maximum absolute atomic E-state index is 12.6. The van der Waals surface area contributed by atoms with E-state index in [0.29, 0.717) is 13.1 Å². The number of hydrogen-bond donors (Lipinski definition) is 0. The summed E-state index contributed by atoms with van der Waals surface area (Å²) < 4.78 is 28.3. The number of aromatic nitrogens is 2. The van der Waals surface area contributed by atoms with E-state index in [-0.39, 0.29) is 5.75 Å². The smallest absolute Gasteiger partial charge is 0.218 e. The quantitative estimate of drug-likeness (QED) is 0.821. The molecule has 0 radical (unpaired) electrons. The van der Waals surface area contributed by atoms with Crippen LogP contribution in [0.15, 0.2) is 36.7 Å². The van der Waals surface area contributed by atoms with E-state index in [2.05, 4.69) is 5.10 Å². The molecule has 0 amide bonds. The molecular weight excluding hydrogens is 286 g/mol. The summed E-state index contributed by atoms with van der Waals surface area (Å²) in [4.78, 5) is 0. The van der Waals surface area contributed by atoms with Gasteiger partial charge in [0.05, 0.1) is 11.9 Å². The minimum absolute atomic E-state index is 0.0305. The van der Waals surface area contributed by atoms with Gasteiger partial charge in [-0.05, 0) is 12.5 Å². The molecule has 0 unspecified atom stereocenters. The van der Waals surface area contributed by atoms with Gasteiger partial charge < -0.3 is 0 Å². The van der Waals surface area contributed by atoms with Crippen molar-refractivity contribution in [3.63, 3.8) is 0 Å². The molecule has 0 bridgehead atoms. The van der Waals surface area contributed by atoms with Gasteiger partial charge >= 0.3 is 0 Å². The minimum atomic E-state index is -3.33. The van der Waals surface area contributed by atoms with Crippen LogP contribution in [0.4, 0.5) is 0 Å². The zero-order valence-electron chi connectivity index (χ0n) is 12.7. The average molecular weight is 307 g/mol. The predicted molar refractivity (Wildman–Crippen MR) is 83.1 cm³/mol. The molecule has 0 aliphatic carbocycles. The van der Waals surface area contributed by atoms with E-state index in [1.54, 1.807) is 10.9 Å². The van der Waals surface area contributed by atoms with Crippen LogP contribution in [0.5, 0.6) is 0 Å². The number of hydrogen-bond acceptors (Lipinski definition) is 3. The first kappa shape index (κ1) is 15.7. The molecule has 6 heteroatoms. The number of aryl methyl sites for hydroxylation is 2. The van der Waals surface area contributed by atoms with Crippen molar-refractivity contribution in [3.05, 3.63) is 53.3 Å². The van der Waals surface area contributed by atoms with Crippen LogP contribution in [0.1, 0.15) is 23.6 Å².